The molecule has 14 heavy (non-hydrogen) atoms. The molecular weight excluding hydrogens is 182 g/mol. The van der Waals surface area contributed by atoms with Gasteiger partial charge in [0, 0.05) is 6.20 Å². The zero-order chi connectivity index (χ0) is 9.54. The molecule has 2 aliphatic rings. The molecule has 6 nitrogen and oxygen atoms in total. The van der Waals surface area contributed by atoms with E-state index in [1.54, 1.807) is 18.7 Å². The van der Waals surface area contributed by atoms with Crippen LogP contribution in [0.25, 0.3) is 0 Å². The zero-order valence-corrected chi connectivity index (χ0v) is 7.14. The van der Waals surface area contributed by atoms with Crippen LogP contribution in [0.5, 0.6) is 0 Å². The third-order valence-corrected chi connectivity index (χ3v) is 2.07. The van der Waals surface area contributed by atoms with Gasteiger partial charge in [0.05, 0.1) is 0 Å². The molecule has 1 aromatic heterocycles. The maximum atomic E-state index is 5.69. The molecule has 0 unspecified atom stereocenters. The second kappa shape index (κ2) is 2.38. The second-order valence-corrected chi connectivity index (χ2v) is 2.88. The van der Waals surface area contributed by atoms with Crippen molar-refractivity contribution in [1.29, 1.82) is 0 Å². The number of nitrogens with zero attached hydrogens (tertiary/aromatic N) is 3. The Labute approximate surface area is 79.7 Å². The van der Waals surface area contributed by atoms with E-state index in [-0.39, 0.29) is 0 Å². The lowest BCUT2D eigenvalue weighted by Crippen LogP contribution is -2.16. The van der Waals surface area contributed by atoms with Crippen LogP contribution < -0.4 is 16.0 Å². The molecule has 0 saturated carbocycles. The quantitative estimate of drug-likeness (QED) is 0.622. The molecule has 0 aromatic carbocycles. The van der Waals surface area contributed by atoms with Crippen LogP contribution in [0.1, 0.15) is 0 Å². The van der Waals surface area contributed by atoms with Crippen molar-refractivity contribution in [2.24, 2.45) is 0 Å². The third-order valence-electron chi connectivity index (χ3n) is 2.07. The SMILES string of the molecule is Nc1ncnc2c1NC1=COC=CN12. The molecule has 3 N–H and O–H groups in total. The van der Waals surface area contributed by atoms with Gasteiger partial charge in [-0.2, -0.15) is 0 Å². The molecule has 3 rings (SSSR count). The number of nitrogens with one attached hydrogen (secondary N) is 1. The number of anilines is 3. The van der Waals surface area contributed by atoms with Gasteiger partial charge < -0.3 is 15.8 Å². The van der Waals surface area contributed by atoms with Gasteiger partial charge in [-0.3, -0.25) is 4.90 Å². The third kappa shape index (κ3) is 0.792. The average molecular weight is 189 g/mol. The van der Waals surface area contributed by atoms with E-state index in [0.29, 0.717) is 11.5 Å². The number of fused-ring (bicyclic) bond motifs is 3. The minimum atomic E-state index is 0.429. The van der Waals surface area contributed by atoms with Crippen LogP contribution in [0.2, 0.25) is 0 Å². The summed E-state index contributed by atoms with van der Waals surface area (Å²) in [6, 6.07) is 0. The van der Waals surface area contributed by atoms with Crippen molar-refractivity contribution < 1.29 is 4.74 Å². The van der Waals surface area contributed by atoms with Crippen LogP contribution in [0.15, 0.2) is 30.9 Å². The van der Waals surface area contributed by atoms with Crippen LogP contribution in [0.3, 0.4) is 0 Å². The van der Waals surface area contributed by atoms with Crippen molar-refractivity contribution in [3.8, 4) is 0 Å². The summed E-state index contributed by atoms with van der Waals surface area (Å²) in [4.78, 5) is 9.87. The van der Waals surface area contributed by atoms with E-state index < -0.39 is 0 Å². The van der Waals surface area contributed by atoms with E-state index in [1.807, 2.05) is 4.90 Å². The van der Waals surface area contributed by atoms with E-state index in [0.717, 1.165) is 11.6 Å². The fraction of sp³-hybridized carbons (Fsp3) is 0. The highest BCUT2D eigenvalue weighted by atomic mass is 16.5. The monoisotopic (exact) mass is 189 g/mol. The summed E-state index contributed by atoms with van der Waals surface area (Å²) in [6.45, 7) is 0. The fourth-order valence-electron chi connectivity index (χ4n) is 1.43. The maximum Gasteiger partial charge on any atom is 0.167 e. The normalized spacial score (nSPS) is 16.6. The summed E-state index contributed by atoms with van der Waals surface area (Å²) >= 11 is 0. The second-order valence-electron chi connectivity index (χ2n) is 2.88. The van der Waals surface area contributed by atoms with Gasteiger partial charge in [-0.25, -0.2) is 9.97 Å². The molecular formula is C8H7N5O. The zero-order valence-electron chi connectivity index (χ0n) is 7.14. The lowest BCUT2D eigenvalue weighted by molar-refractivity contribution is 0.389. The molecule has 1 aromatic rings. The van der Waals surface area contributed by atoms with Crippen LogP contribution >= 0.6 is 0 Å². The van der Waals surface area contributed by atoms with E-state index in [1.165, 1.54) is 6.33 Å². The molecule has 0 aliphatic carbocycles. The summed E-state index contributed by atoms with van der Waals surface area (Å²) in [7, 11) is 0. The van der Waals surface area contributed by atoms with E-state index in [9.17, 15) is 0 Å². The molecule has 6 heteroatoms. The number of ether oxygens (including phenoxy) is 1. The Morgan fingerprint density at radius 2 is 2.36 bits per heavy atom. The Kier molecular flexibility index (Phi) is 1.22. The Balaban J connectivity index is 2.19. The summed E-state index contributed by atoms with van der Waals surface area (Å²) in [5, 5.41) is 3.07. The van der Waals surface area contributed by atoms with Crippen molar-refractivity contribution in [1.82, 2.24) is 9.97 Å². The first kappa shape index (κ1) is 7.19. The minimum Gasteiger partial charge on any atom is -0.467 e. The molecule has 0 fully saturated rings. The average Bonchev–Trinajstić information content (AvgIpc) is 2.59. The Morgan fingerprint density at radius 1 is 1.43 bits per heavy atom. The molecule has 0 spiro atoms. The van der Waals surface area contributed by atoms with Crippen molar-refractivity contribution in [3.05, 3.63) is 30.9 Å². The highest BCUT2D eigenvalue weighted by Crippen LogP contribution is 2.38. The van der Waals surface area contributed by atoms with Crippen molar-refractivity contribution in [2.75, 3.05) is 16.0 Å². The number of aromatic nitrogens is 2. The summed E-state index contributed by atoms with van der Waals surface area (Å²) in [5.41, 5.74) is 6.41. The minimum absolute atomic E-state index is 0.429. The first-order valence-corrected chi connectivity index (χ1v) is 4.05. The number of hydrogen-bond donors (Lipinski definition) is 2. The first-order valence-electron chi connectivity index (χ1n) is 4.05. The number of rotatable bonds is 0. The van der Waals surface area contributed by atoms with E-state index >= 15 is 0 Å². The van der Waals surface area contributed by atoms with E-state index in [4.69, 9.17) is 10.5 Å². The Morgan fingerprint density at radius 3 is 3.29 bits per heavy atom. The topological polar surface area (TPSA) is 76.3 Å². The largest absolute Gasteiger partial charge is 0.467 e. The summed E-state index contributed by atoms with van der Waals surface area (Å²) in [6.07, 6.45) is 6.35. The van der Waals surface area contributed by atoms with Gasteiger partial charge >= 0.3 is 0 Å². The van der Waals surface area contributed by atoms with E-state index in [2.05, 4.69) is 15.3 Å². The molecule has 3 heterocycles. The van der Waals surface area contributed by atoms with Gasteiger partial charge in [0.2, 0.25) is 0 Å². The molecule has 0 saturated heterocycles. The van der Waals surface area contributed by atoms with Crippen molar-refractivity contribution in [2.45, 2.75) is 0 Å². The first-order chi connectivity index (χ1) is 6.86. The summed E-state index contributed by atoms with van der Waals surface area (Å²) in [5.74, 6) is 1.96. The van der Waals surface area contributed by atoms with Crippen LogP contribution in [0, 0.1) is 0 Å². The Hall–Kier alpha value is -2.24. The number of nitrogen functional groups attached to an aromatic ring is 1. The van der Waals surface area contributed by atoms with Gasteiger partial charge in [0.15, 0.2) is 17.5 Å². The standard InChI is InChI=1S/C8H7N5O/c9-7-6-8(11-4-10-7)13-1-2-14-3-5(13)12-6/h1-4,12H,(H2,9,10,11). The highest BCUT2D eigenvalue weighted by molar-refractivity contribution is 5.85. The van der Waals surface area contributed by atoms with Gasteiger partial charge in [-0.15, -0.1) is 0 Å². The van der Waals surface area contributed by atoms with Gasteiger partial charge in [0.1, 0.15) is 24.5 Å². The molecule has 2 aliphatic heterocycles. The Bertz CT molecular complexity index is 453. The maximum absolute atomic E-state index is 5.69. The summed E-state index contributed by atoms with van der Waals surface area (Å²) < 4.78 is 5.02. The molecule has 0 bridgehead atoms. The predicted octanol–water partition coefficient (Wildman–Crippen LogP) is 0.591. The van der Waals surface area contributed by atoms with Crippen molar-refractivity contribution >= 4 is 17.3 Å². The fourth-order valence-corrected chi connectivity index (χ4v) is 1.43. The lowest BCUT2D eigenvalue weighted by atomic mass is 10.4. The lowest BCUT2D eigenvalue weighted by Gasteiger charge is -2.15. The van der Waals surface area contributed by atoms with Crippen LogP contribution in [-0.2, 0) is 4.74 Å². The van der Waals surface area contributed by atoms with Crippen LogP contribution in [-0.4, -0.2) is 9.97 Å². The number of hydrogen-bond acceptors (Lipinski definition) is 6. The number of nitrogens with two attached hydrogens (primary N) is 1. The van der Waals surface area contributed by atoms with Gasteiger partial charge in [-0.05, 0) is 0 Å². The smallest absolute Gasteiger partial charge is 0.167 e. The van der Waals surface area contributed by atoms with Crippen molar-refractivity contribution in [3.63, 3.8) is 0 Å². The van der Waals surface area contributed by atoms with Gasteiger partial charge in [-0.1, -0.05) is 0 Å². The molecule has 0 atom stereocenters. The molecule has 0 radical (unpaired) electrons. The molecule has 0 amide bonds. The van der Waals surface area contributed by atoms with Gasteiger partial charge in [0.25, 0.3) is 0 Å². The van der Waals surface area contributed by atoms with Crippen LogP contribution in [0.4, 0.5) is 17.3 Å². The molecule has 70 valence electrons. The predicted molar refractivity (Wildman–Crippen MR) is 50.9 cm³/mol. The highest BCUT2D eigenvalue weighted by Gasteiger charge is 2.27.